The minimum atomic E-state index is -0.183. The molecule has 1 amide bonds. The van der Waals surface area contributed by atoms with Crippen LogP contribution in [0.25, 0.3) is 11.4 Å². The quantitative estimate of drug-likeness (QED) is 0.584. The average molecular weight is 391 g/mol. The third-order valence-corrected chi connectivity index (χ3v) is 5.11. The van der Waals surface area contributed by atoms with Gasteiger partial charge in [0.25, 0.3) is 0 Å². The van der Waals surface area contributed by atoms with Gasteiger partial charge < -0.3 is 14.2 Å². The summed E-state index contributed by atoms with van der Waals surface area (Å²) < 4.78 is 11.2. The first-order chi connectivity index (χ1) is 14.1. The zero-order valence-corrected chi connectivity index (χ0v) is 16.8. The number of carbonyl (C=O) groups excluding carboxylic acids is 1. The van der Waals surface area contributed by atoms with Gasteiger partial charge in [0.05, 0.1) is 6.61 Å². The molecule has 1 aliphatic heterocycles. The number of nitrogens with zero attached hydrogens (tertiary/aromatic N) is 3. The smallest absolute Gasteiger partial charge is 0.249 e. The molecule has 1 aliphatic rings. The van der Waals surface area contributed by atoms with E-state index >= 15 is 0 Å². The SMILES string of the molecule is CCCOc1ccc(-c2noc(C3CCC(=O)N3Cc3ccc(C)cc3)n2)cc1. The molecule has 0 radical (unpaired) electrons. The van der Waals surface area contributed by atoms with E-state index in [1.807, 2.05) is 29.2 Å². The van der Waals surface area contributed by atoms with E-state index in [2.05, 4.69) is 48.3 Å². The highest BCUT2D eigenvalue weighted by Gasteiger charge is 2.36. The lowest BCUT2D eigenvalue weighted by atomic mass is 10.1. The minimum absolute atomic E-state index is 0.118. The van der Waals surface area contributed by atoms with Gasteiger partial charge >= 0.3 is 0 Å². The predicted octanol–water partition coefficient (Wildman–Crippen LogP) is 4.70. The Morgan fingerprint density at radius 1 is 1.14 bits per heavy atom. The summed E-state index contributed by atoms with van der Waals surface area (Å²) in [4.78, 5) is 18.9. The molecule has 3 aromatic rings. The van der Waals surface area contributed by atoms with Crippen molar-refractivity contribution in [3.63, 3.8) is 0 Å². The van der Waals surface area contributed by atoms with E-state index in [0.29, 0.717) is 37.7 Å². The normalized spacial score (nSPS) is 16.4. The Labute approximate surface area is 170 Å². The lowest BCUT2D eigenvalue weighted by Crippen LogP contribution is -2.27. The molecule has 4 rings (SSSR count). The molecule has 29 heavy (non-hydrogen) atoms. The number of hydrogen-bond acceptors (Lipinski definition) is 5. The van der Waals surface area contributed by atoms with E-state index in [0.717, 1.165) is 23.3 Å². The number of aryl methyl sites for hydroxylation is 1. The number of rotatable bonds is 7. The van der Waals surface area contributed by atoms with Crippen LogP contribution < -0.4 is 4.74 Å². The Hall–Kier alpha value is -3.15. The summed E-state index contributed by atoms with van der Waals surface area (Å²) in [5, 5.41) is 4.14. The number of benzene rings is 2. The first-order valence-corrected chi connectivity index (χ1v) is 10.1. The van der Waals surface area contributed by atoms with E-state index in [-0.39, 0.29) is 11.9 Å². The van der Waals surface area contributed by atoms with E-state index < -0.39 is 0 Å². The summed E-state index contributed by atoms with van der Waals surface area (Å²) in [7, 11) is 0. The van der Waals surface area contributed by atoms with Gasteiger partial charge in [-0.2, -0.15) is 4.98 Å². The molecule has 1 fully saturated rings. The second-order valence-corrected chi connectivity index (χ2v) is 7.39. The van der Waals surface area contributed by atoms with Gasteiger partial charge in [-0.3, -0.25) is 4.79 Å². The molecule has 1 aromatic heterocycles. The van der Waals surface area contributed by atoms with Gasteiger partial charge in [-0.1, -0.05) is 41.9 Å². The molecule has 1 unspecified atom stereocenters. The van der Waals surface area contributed by atoms with Crippen LogP contribution in [0.1, 0.15) is 49.2 Å². The van der Waals surface area contributed by atoms with Gasteiger partial charge in [-0.15, -0.1) is 0 Å². The maximum absolute atomic E-state index is 12.5. The van der Waals surface area contributed by atoms with Gasteiger partial charge in [-0.25, -0.2) is 0 Å². The molecule has 0 bridgehead atoms. The maximum atomic E-state index is 12.5. The van der Waals surface area contributed by atoms with Crippen molar-refractivity contribution in [2.24, 2.45) is 0 Å². The Bertz CT molecular complexity index is 964. The number of aromatic nitrogens is 2. The number of amides is 1. The first kappa shape index (κ1) is 19.2. The van der Waals surface area contributed by atoms with Crippen molar-refractivity contribution in [1.29, 1.82) is 0 Å². The highest BCUT2D eigenvalue weighted by molar-refractivity contribution is 5.78. The number of ether oxygens (including phenoxy) is 1. The van der Waals surface area contributed by atoms with Crippen molar-refractivity contribution in [2.75, 3.05) is 6.61 Å². The van der Waals surface area contributed by atoms with Crippen molar-refractivity contribution in [3.8, 4) is 17.1 Å². The summed E-state index contributed by atoms with van der Waals surface area (Å²) in [5.41, 5.74) is 3.15. The molecule has 0 N–H and O–H groups in total. The van der Waals surface area contributed by atoms with Crippen LogP contribution in [0.15, 0.2) is 53.1 Å². The Morgan fingerprint density at radius 3 is 2.62 bits per heavy atom. The van der Waals surface area contributed by atoms with E-state index in [4.69, 9.17) is 9.26 Å². The summed E-state index contributed by atoms with van der Waals surface area (Å²) >= 11 is 0. The van der Waals surface area contributed by atoms with Gasteiger partial charge in [0.2, 0.25) is 17.6 Å². The lowest BCUT2D eigenvalue weighted by Gasteiger charge is -2.22. The fraction of sp³-hybridized carbons (Fsp3) is 0.348. The molecule has 150 valence electrons. The van der Waals surface area contributed by atoms with Crippen molar-refractivity contribution in [1.82, 2.24) is 15.0 Å². The van der Waals surface area contributed by atoms with Gasteiger partial charge in [-0.05, 0) is 49.6 Å². The standard InChI is InChI=1S/C23H25N3O3/c1-3-14-28-19-10-8-18(9-11-19)22-24-23(29-25-22)20-12-13-21(27)26(20)15-17-6-4-16(2)5-7-17/h4-11,20H,3,12-15H2,1-2H3. The third-order valence-electron chi connectivity index (χ3n) is 5.11. The van der Waals surface area contributed by atoms with Gasteiger partial charge in [0.15, 0.2) is 0 Å². The van der Waals surface area contributed by atoms with E-state index in [1.165, 1.54) is 5.56 Å². The minimum Gasteiger partial charge on any atom is -0.494 e. The molecule has 6 heteroatoms. The van der Waals surface area contributed by atoms with Crippen LogP contribution in [0.4, 0.5) is 0 Å². The summed E-state index contributed by atoms with van der Waals surface area (Å²) in [6, 6.07) is 15.7. The predicted molar refractivity (Wildman–Crippen MR) is 109 cm³/mol. The van der Waals surface area contributed by atoms with Gasteiger partial charge in [0.1, 0.15) is 11.8 Å². The second kappa shape index (κ2) is 8.47. The van der Waals surface area contributed by atoms with Crippen LogP contribution in [0.3, 0.4) is 0 Å². The summed E-state index contributed by atoms with van der Waals surface area (Å²) in [5.74, 6) is 1.96. The van der Waals surface area contributed by atoms with E-state index in [1.54, 1.807) is 0 Å². The number of carbonyl (C=O) groups is 1. The van der Waals surface area contributed by atoms with Crippen LogP contribution >= 0.6 is 0 Å². The molecule has 2 heterocycles. The van der Waals surface area contributed by atoms with Crippen LogP contribution in [0.5, 0.6) is 5.75 Å². The average Bonchev–Trinajstić information content (AvgIpc) is 3.36. The van der Waals surface area contributed by atoms with Crippen molar-refractivity contribution in [3.05, 3.63) is 65.5 Å². The fourth-order valence-corrected chi connectivity index (χ4v) is 3.49. The van der Waals surface area contributed by atoms with Crippen LogP contribution in [-0.2, 0) is 11.3 Å². The lowest BCUT2D eigenvalue weighted by molar-refractivity contribution is -0.129. The molecule has 0 aliphatic carbocycles. The number of hydrogen-bond donors (Lipinski definition) is 0. The molecule has 0 spiro atoms. The van der Waals surface area contributed by atoms with Crippen LogP contribution in [-0.4, -0.2) is 27.6 Å². The maximum Gasteiger partial charge on any atom is 0.249 e. The second-order valence-electron chi connectivity index (χ2n) is 7.39. The van der Waals surface area contributed by atoms with Crippen LogP contribution in [0.2, 0.25) is 0 Å². The molecular weight excluding hydrogens is 366 g/mol. The zero-order chi connectivity index (χ0) is 20.2. The van der Waals surface area contributed by atoms with Crippen molar-refractivity contribution < 1.29 is 14.1 Å². The largest absolute Gasteiger partial charge is 0.494 e. The molecule has 1 atom stereocenters. The van der Waals surface area contributed by atoms with Crippen molar-refractivity contribution in [2.45, 2.75) is 45.7 Å². The third kappa shape index (κ3) is 4.31. The highest BCUT2D eigenvalue weighted by atomic mass is 16.5. The Kier molecular flexibility index (Phi) is 5.60. The molecule has 1 saturated heterocycles. The molecule has 2 aromatic carbocycles. The summed E-state index contributed by atoms with van der Waals surface area (Å²) in [6.07, 6.45) is 2.16. The fourth-order valence-electron chi connectivity index (χ4n) is 3.49. The monoisotopic (exact) mass is 391 g/mol. The van der Waals surface area contributed by atoms with Crippen LogP contribution in [0, 0.1) is 6.92 Å². The molecular formula is C23H25N3O3. The first-order valence-electron chi connectivity index (χ1n) is 10.1. The Balaban J connectivity index is 1.50. The topological polar surface area (TPSA) is 68.5 Å². The summed E-state index contributed by atoms with van der Waals surface area (Å²) in [6.45, 7) is 5.37. The Morgan fingerprint density at radius 2 is 1.90 bits per heavy atom. The van der Waals surface area contributed by atoms with E-state index in [9.17, 15) is 4.79 Å². The zero-order valence-electron chi connectivity index (χ0n) is 16.8. The highest BCUT2D eigenvalue weighted by Crippen LogP contribution is 2.34. The number of likely N-dealkylation sites (tertiary alicyclic amines) is 1. The molecule has 6 nitrogen and oxygen atoms in total. The van der Waals surface area contributed by atoms with Gasteiger partial charge in [0, 0.05) is 18.5 Å². The van der Waals surface area contributed by atoms with Crippen molar-refractivity contribution >= 4 is 5.91 Å². The molecule has 0 saturated carbocycles.